The molecule has 108 heavy (non-hydrogen) atoms. The third kappa shape index (κ3) is 26.6. The first-order valence-electron chi connectivity index (χ1n) is 42.6. The molecular formula is C106H122Si2. The zero-order valence-corrected chi connectivity index (χ0v) is 70.7. The summed E-state index contributed by atoms with van der Waals surface area (Å²) in [5, 5.41) is 0. The fourth-order valence-corrected chi connectivity index (χ4v) is 28.4. The normalized spacial score (nSPS) is 16.8. The molecule has 0 bridgehead atoms. The molecule has 0 N–H and O–H groups in total. The highest BCUT2D eigenvalue weighted by atomic mass is 28.3. The highest BCUT2D eigenvalue weighted by molar-refractivity contribution is 6.91. The van der Waals surface area contributed by atoms with Crippen LogP contribution in [0, 0.1) is 189 Å². The molecule has 0 spiro atoms. The number of allylic oxidation sites excluding steroid dienone is 16. The summed E-state index contributed by atoms with van der Waals surface area (Å²) in [4.78, 5) is 0. The molecular weight excluding hydrogens is 1330 g/mol. The number of hydrogen-bond acceptors (Lipinski definition) is 0. The van der Waals surface area contributed by atoms with Crippen molar-refractivity contribution in [2.24, 2.45) is 0 Å². The summed E-state index contributed by atoms with van der Waals surface area (Å²) in [7, 11) is -3.85. The topological polar surface area (TPSA) is 0 Å². The van der Waals surface area contributed by atoms with Crippen LogP contribution in [-0.2, 0) is 0 Å². The Kier molecular flexibility index (Phi) is 36.7. The summed E-state index contributed by atoms with van der Waals surface area (Å²) in [5.74, 6) is 101. The Balaban J connectivity index is 1.04. The highest BCUT2D eigenvalue weighted by Crippen LogP contribution is 2.43. The Bertz CT molecular complexity index is 4270. The van der Waals surface area contributed by atoms with Crippen molar-refractivity contribution < 1.29 is 0 Å². The zero-order valence-electron chi connectivity index (χ0n) is 68.7. The van der Waals surface area contributed by atoms with Gasteiger partial charge in [-0.15, -0.1) is 11.1 Å². The zero-order chi connectivity index (χ0) is 76.6. The second-order valence-corrected chi connectivity index (χ2v) is 44.3. The summed E-state index contributed by atoms with van der Waals surface area (Å²) < 4.78 is 0. The fourth-order valence-electron chi connectivity index (χ4n) is 18.0. The molecule has 0 aromatic rings. The van der Waals surface area contributed by atoms with Crippen LogP contribution in [0.15, 0.2) is 89.2 Å². The van der Waals surface area contributed by atoms with E-state index in [1.165, 1.54) is 122 Å². The second kappa shape index (κ2) is 46.6. The number of hydrogen-bond donors (Lipinski definition) is 0. The molecule has 0 amide bonds. The Hall–Kier alpha value is -8.69. The molecule has 8 fully saturated rings. The van der Waals surface area contributed by atoms with Gasteiger partial charge in [0.25, 0.3) is 0 Å². The van der Waals surface area contributed by atoms with Gasteiger partial charge in [0.15, 0.2) is 0 Å². The van der Waals surface area contributed by atoms with Crippen LogP contribution >= 0.6 is 0 Å². The van der Waals surface area contributed by atoms with E-state index >= 15 is 0 Å². The molecule has 0 aliphatic heterocycles. The Morgan fingerprint density at radius 1 is 0.157 bits per heavy atom. The lowest BCUT2D eigenvalue weighted by molar-refractivity contribution is 0.597. The van der Waals surface area contributed by atoms with Crippen molar-refractivity contribution in [3.63, 3.8) is 0 Å². The molecule has 8 aliphatic rings. The van der Waals surface area contributed by atoms with Gasteiger partial charge in [0.2, 0.25) is 0 Å². The average molecular weight is 1450 g/mol. The molecule has 8 aliphatic carbocycles. The van der Waals surface area contributed by atoms with E-state index in [0.717, 1.165) is 224 Å². The minimum absolute atomic E-state index is 0.567. The fraction of sp³-hybridized carbons (Fsp3) is 0.547. The summed E-state index contributed by atoms with van der Waals surface area (Å²) in [6.45, 7) is 28.6. The summed E-state index contributed by atoms with van der Waals surface area (Å²) in [6, 6.07) is 0. The molecule has 0 saturated heterocycles. The summed E-state index contributed by atoms with van der Waals surface area (Å²) in [6.07, 6.45) is 44.9. The first-order chi connectivity index (χ1) is 52.6. The van der Waals surface area contributed by atoms with Crippen LogP contribution in [-0.4, -0.2) is 16.1 Å². The van der Waals surface area contributed by atoms with Gasteiger partial charge in [-0.05, 0) is 449 Å². The molecule has 0 aromatic heterocycles. The van der Waals surface area contributed by atoms with E-state index in [1.807, 2.05) is 0 Å². The predicted octanol–water partition coefficient (Wildman–Crippen LogP) is 25.6. The van der Waals surface area contributed by atoms with Gasteiger partial charge in [-0.2, -0.15) is 0 Å². The van der Waals surface area contributed by atoms with E-state index in [0.29, 0.717) is 33.2 Å². The maximum absolute atomic E-state index is 3.97. The van der Waals surface area contributed by atoms with E-state index in [9.17, 15) is 0 Å². The van der Waals surface area contributed by atoms with E-state index in [2.05, 4.69) is 272 Å². The van der Waals surface area contributed by atoms with Gasteiger partial charge in [-0.3, -0.25) is 0 Å². The smallest absolute Gasteiger partial charge is 0.124 e. The maximum atomic E-state index is 3.97. The lowest BCUT2D eigenvalue weighted by atomic mass is 9.91. The Labute approximate surface area is 662 Å². The molecule has 0 radical (unpaired) electrons. The largest absolute Gasteiger partial charge is 0.146 e. The molecule has 0 heterocycles. The lowest BCUT2D eigenvalue weighted by Crippen LogP contribution is -2.43. The van der Waals surface area contributed by atoms with Gasteiger partial charge >= 0.3 is 0 Å². The van der Waals surface area contributed by atoms with Crippen LogP contribution in [0.2, 0.25) is 33.2 Å². The third-order valence-electron chi connectivity index (χ3n) is 24.1. The van der Waals surface area contributed by atoms with Gasteiger partial charge < -0.3 is 0 Å². The SMILES string of the molecule is CC(C)[Si](C#CC(C#CC#CC(C#CC#CC(C#CC#CC(C#CC#CC(C#CC#CC(C#CC#CC(C#CC#CC(C#C[Si](C(C)C)(C(C)C)C(C)C)=C1CCCCC1)=C1CCCCC1)=C1CCCCC1)=C1CCCCC1)=C1CCCCC1)=C1CCCCC1)=C1CCCCC1)=C1CCCCC1)(C(C)C)C(C)C. The molecule has 554 valence electrons. The van der Waals surface area contributed by atoms with Crippen LogP contribution < -0.4 is 0 Å². The second-order valence-electron chi connectivity index (χ2n) is 33.1. The molecule has 0 unspecified atom stereocenters. The van der Waals surface area contributed by atoms with E-state index < -0.39 is 16.1 Å². The van der Waals surface area contributed by atoms with Gasteiger partial charge in [0.05, 0.1) is 44.6 Å². The van der Waals surface area contributed by atoms with Crippen LogP contribution in [0.1, 0.15) is 340 Å². The van der Waals surface area contributed by atoms with Crippen LogP contribution in [0.4, 0.5) is 0 Å². The molecule has 0 atom stereocenters. The number of rotatable bonds is 6. The van der Waals surface area contributed by atoms with Crippen molar-refractivity contribution in [2.45, 2.75) is 373 Å². The van der Waals surface area contributed by atoms with Crippen molar-refractivity contribution in [3.05, 3.63) is 89.2 Å². The average Bonchev–Trinajstić information content (AvgIpc) is 0.805. The maximum Gasteiger partial charge on any atom is 0.146 e. The van der Waals surface area contributed by atoms with Crippen molar-refractivity contribution in [1.82, 2.24) is 0 Å². The quantitative estimate of drug-likeness (QED) is 0.184. The van der Waals surface area contributed by atoms with Crippen LogP contribution in [0.3, 0.4) is 0 Å². The van der Waals surface area contributed by atoms with E-state index in [4.69, 9.17) is 0 Å². The van der Waals surface area contributed by atoms with Crippen molar-refractivity contribution in [1.29, 1.82) is 0 Å². The third-order valence-corrected chi connectivity index (χ3v) is 36.7. The van der Waals surface area contributed by atoms with E-state index in [-0.39, 0.29) is 0 Å². The van der Waals surface area contributed by atoms with Crippen molar-refractivity contribution >= 4 is 16.1 Å². The molecule has 0 aromatic carbocycles. The first-order valence-corrected chi connectivity index (χ1v) is 47.0. The monoisotopic (exact) mass is 1450 g/mol. The predicted molar refractivity (Wildman–Crippen MR) is 467 cm³/mol. The van der Waals surface area contributed by atoms with Gasteiger partial charge in [0.1, 0.15) is 16.1 Å². The van der Waals surface area contributed by atoms with Gasteiger partial charge in [0, 0.05) is 0 Å². The molecule has 2 heteroatoms. The standard InChI is InChI=1S/C106H122Si2/c1-85(2)107(86(3)4,87(5)6)83-81-105(103-63-33-19-34-64-103)79-49-47-77-101(95-59-29-17-30-60-95)75-45-43-73-99(93-55-25-15-26-56-93)71-41-39-69-97(91-51-21-13-22-52-91)67-37-38-68-98(92-53-23-14-24-54-92)70-40-42-72-100(94-57-27-16-28-58-94)74-44-46-76-102(96-61-31-18-32-62-96)78-48-50-80-106(104-65-35-20-36-66-104)82-84-108(88(7)8,89(9)10)90(11)12/h85-90H,13-36,51-66H2,1-12H3. The highest BCUT2D eigenvalue weighted by Gasteiger charge is 2.43. The lowest BCUT2D eigenvalue weighted by Gasteiger charge is -2.38. The van der Waals surface area contributed by atoms with E-state index in [1.54, 1.807) is 0 Å². The molecule has 0 nitrogen and oxygen atoms in total. The summed E-state index contributed by atoms with van der Waals surface area (Å²) in [5.41, 5.74) is 29.2. The molecule has 8 saturated carbocycles. The minimum Gasteiger partial charge on any atom is -0.124 e. The molecule has 8 rings (SSSR count). The van der Waals surface area contributed by atoms with Crippen LogP contribution in [0.25, 0.3) is 0 Å². The van der Waals surface area contributed by atoms with Gasteiger partial charge in [-0.1, -0.05) is 146 Å². The van der Waals surface area contributed by atoms with Crippen molar-refractivity contribution in [3.8, 4) is 189 Å². The van der Waals surface area contributed by atoms with Crippen LogP contribution in [0.5, 0.6) is 0 Å². The Morgan fingerprint density at radius 3 is 0.361 bits per heavy atom. The van der Waals surface area contributed by atoms with Crippen molar-refractivity contribution in [2.75, 3.05) is 0 Å². The minimum atomic E-state index is -1.93. The Morgan fingerprint density at radius 2 is 0.259 bits per heavy atom. The summed E-state index contributed by atoms with van der Waals surface area (Å²) >= 11 is 0. The van der Waals surface area contributed by atoms with Gasteiger partial charge in [-0.25, -0.2) is 0 Å². The first kappa shape index (κ1) is 84.9.